The standard InChI is InChI=1S/C26H19N3O4/c1-15-6-11-25-23(12-15)28-26(33-25)19-4-3-5-22(16(19)2)27-14-21-20-9-8-18(29(31)32)13-17(20)7-10-24(21)30/h3-14,30H,1-2H3. The van der Waals surface area contributed by atoms with Gasteiger partial charge < -0.3 is 9.52 Å². The molecule has 5 aromatic rings. The maximum Gasteiger partial charge on any atom is 0.270 e. The van der Waals surface area contributed by atoms with Crippen molar-refractivity contribution in [2.24, 2.45) is 4.99 Å². The van der Waals surface area contributed by atoms with Crippen LogP contribution in [-0.4, -0.2) is 21.2 Å². The number of aromatic nitrogens is 1. The smallest absolute Gasteiger partial charge is 0.270 e. The second-order valence-corrected chi connectivity index (χ2v) is 7.86. The van der Waals surface area contributed by atoms with Crippen molar-refractivity contribution in [3.8, 4) is 17.2 Å². The summed E-state index contributed by atoms with van der Waals surface area (Å²) < 4.78 is 5.96. The number of oxazole rings is 1. The van der Waals surface area contributed by atoms with Crippen molar-refractivity contribution < 1.29 is 14.4 Å². The van der Waals surface area contributed by atoms with Crippen LogP contribution in [0.2, 0.25) is 0 Å². The first-order chi connectivity index (χ1) is 15.9. The number of nitro groups is 1. The molecule has 0 unspecified atom stereocenters. The van der Waals surface area contributed by atoms with Gasteiger partial charge in [0.2, 0.25) is 5.89 Å². The fraction of sp³-hybridized carbons (Fsp3) is 0.0769. The highest BCUT2D eigenvalue weighted by Crippen LogP contribution is 2.33. The minimum Gasteiger partial charge on any atom is -0.507 e. The molecule has 0 aliphatic carbocycles. The molecule has 7 heteroatoms. The Bertz CT molecular complexity index is 1580. The van der Waals surface area contributed by atoms with Crippen molar-refractivity contribution in [1.82, 2.24) is 4.98 Å². The van der Waals surface area contributed by atoms with E-state index in [9.17, 15) is 15.2 Å². The molecule has 0 bridgehead atoms. The lowest BCUT2D eigenvalue weighted by atomic mass is 10.0. The monoisotopic (exact) mass is 437 g/mol. The lowest BCUT2D eigenvalue weighted by Gasteiger charge is -2.07. The van der Waals surface area contributed by atoms with E-state index in [1.807, 2.05) is 50.2 Å². The summed E-state index contributed by atoms with van der Waals surface area (Å²) in [5.41, 5.74) is 5.52. The van der Waals surface area contributed by atoms with E-state index < -0.39 is 4.92 Å². The fourth-order valence-electron chi connectivity index (χ4n) is 3.86. The summed E-state index contributed by atoms with van der Waals surface area (Å²) in [6.07, 6.45) is 1.57. The van der Waals surface area contributed by atoms with Crippen LogP contribution in [0, 0.1) is 24.0 Å². The summed E-state index contributed by atoms with van der Waals surface area (Å²) in [4.78, 5) is 19.9. The van der Waals surface area contributed by atoms with E-state index in [0.717, 1.165) is 27.8 Å². The maximum absolute atomic E-state index is 11.1. The minimum absolute atomic E-state index is 0.00634. The quantitative estimate of drug-likeness (QED) is 0.193. The highest BCUT2D eigenvalue weighted by atomic mass is 16.6. The van der Waals surface area contributed by atoms with E-state index in [1.54, 1.807) is 18.3 Å². The second-order valence-electron chi connectivity index (χ2n) is 7.86. The lowest BCUT2D eigenvalue weighted by molar-refractivity contribution is -0.384. The van der Waals surface area contributed by atoms with Gasteiger partial charge in [0.15, 0.2) is 5.58 Å². The van der Waals surface area contributed by atoms with E-state index in [2.05, 4.69) is 9.98 Å². The highest BCUT2D eigenvalue weighted by molar-refractivity contribution is 6.03. The van der Waals surface area contributed by atoms with E-state index >= 15 is 0 Å². The van der Waals surface area contributed by atoms with Crippen molar-refractivity contribution in [2.45, 2.75) is 13.8 Å². The molecule has 0 amide bonds. The summed E-state index contributed by atoms with van der Waals surface area (Å²) >= 11 is 0. The number of phenols is 1. The fourth-order valence-corrected chi connectivity index (χ4v) is 3.86. The van der Waals surface area contributed by atoms with E-state index in [4.69, 9.17) is 4.42 Å². The predicted molar refractivity (Wildman–Crippen MR) is 128 cm³/mol. The molecular formula is C26H19N3O4. The Kier molecular flexibility index (Phi) is 4.86. The zero-order valence-electron chi connectivity index (χ0n) is 17.9. The molecule has 1 heterocycles. The first-order valence-corrected chi connectivity index (χ1v) is 10.3. The van der Waals surface area contributed by atoms with Gasteiger partial charge in [-0.25, -0.2) is 4.98 Å². The zero-order chi connectivity index (χ0) is 23.1. The summed E-state index contributed by atoms with van der Waals surface area (Å²) in [5.74, 6) is 0.564. The van der Waals surface area contributed by atoms with Crippen LogP contribution in [0.25, 0.3) is 33.3 Å². The van der Waals surface area contributed by atoms with Gasteiger partial charge in [-0.2, -0.15) is 0 Å². The SMILES string of the molecule is Cc1ccc2oc(-c3cccc(N=Cc4c(O)ccc5cc([N+](=O)[O-])ccc45)c3C)nc2c1. The second kappa shape index (κ2) is 7.87. The Morgan fingerprint density at radius 2 is 1.91 bits per heavy atom. The Hall–Kier alpha value is -4.52. The van der Waals surface area contributed by atoms with Crippen LogP contribution in [0.4, 0.5) is 11.4 Å². The van der Waals surface area contributed by atoms with E-state index in [1.165, 1.54) is 18.2 Å². The third kappa shape index (κ3) is 3.70. The first kappa shape index (κ1) is 20.4. The number of hydrogen-bond acceptors (Lipinski definition) is 6. The van der Waals surface area contributed by atoms with Gasteiger partial charge in [0, 0.05) is 29.5 Å². The van der Waals surface area contributed by atoms with Crippen LogP contribution in [0.3, 0.4) is 0 Å². The number of nitrogens with zero attached hydrogens (tertiary/aromatic N) is 3. The van der Waals surface area contributed by atoms with Gasteiger partial charge in [-0.05, 0) is 72.1 Å². The number of hydrogen-bond donors (Lipinski definition) is 1. The molecule has 5 rings (SSSR count). The Morgan fingerprint density at radius 3 is 2.73 bits per heavy atom. The highest BCUT2D eigenvalue weighted by Gasteiger charge is 2.14. The number of aromatic hydroxyl groups is 1. The molecule has 0 spiro atoms. The van der Waals surface area contributed by atoms with Crippen molar-refractivity contribution in [1.29, 1.82) is 0 Å². The molecule has 0 atom stereocenters. The van der Waals surface area contributed by atoms with Gasteiger partial charge in [0.25, 0.3) is 5.69 Å². The molecule has 0 aliphatic rings. The molecule has 4 aromatic carbocycles. The Balaban J connectivity index is 1.56. The molecule has 162 valence electrons. The van der Waals surface area contributed by atoms with E-state index in [0.29, 0.717) is 27.9 Å². The van der Waals surface area contributed by atoms with Crippen molar-refractivity contribution in [3.05, 3.63) is 93.5 Å². The normalized spacial score (nSPS) is 11.6. The average Bonchev–Trinajstić information content (AvgIpc) is 3.21. The van der Waals surface area contributed by atoms with Crippen molar-refractivity contribution in [2.75, 3.05) is 0 Å². The van der Waals surface area contributed by atoms with Gasteiger partial charge in [-0.3, -0.25) is 15.1 Å². The molecule has 33 heavy (non-hydrogen) atoms. The Morgan fingerprint density at radius 1 is 1.06 bits per heavy atom. The molecule has 0 radical (unpaired) electrons. The van der Waals surface area contributed by atoms with Crippen molar-refractivity contribution in [3.63, 3.8) is 0 Å². The molecule has 1 aromatic heterocycles. The summed E-state index contributed by atoms with van der Waals surface area (Å²) in [6, 6.07) is 19.2. The minimum atomic E-state index is -0.442. The van der Waals surface area contributed by atoms with Crippen LogP contribution in [0.5, 0.6) is 5.75 Å². The number of non-ortho nitro benzene ring substituents is 1. The van der Waals surface area contributed by atoms with Crippen LogP contribution in [-0.2, 0) is 0 Å². The molecule has 1 N–H and O–H groups in total. The van der Waals surface area contributed by atoms with Crippen molar-refractivity contribution >= 4 is 39.5 Å². The van der Waals surface area contributed by atoms with Gasteiger partial charge in [-0.15, -0.1) is 0 Å². The summed E-state index contributed by atoms with van der Waals surface area (Å²) in [7, 11) is 0. The van der Waals surface area contributed by atoms with Crippen LogP contribution >= 0.6 is 0 Å². The molecule has 0 saturated carbocycles. The van der Waals surface area contributed by atoms with Gasteiger partial charge in [0.05, 0.1) is 10.6 Å². The van der Waals surface area contributed by atoms with Gasteiger partial charge in [0.1, 0.15) is 11.3 Å². The topological polar surface area (TPSA) is 102 Å². The average molecular weight is 437 g/mol. The molecule has 0 aliphatic heterocycles. The number of nitro benzene ring substituents is 1. The van der Waals surface area contributed by atoms with Gasteiger partial charge in [-0.1, -0.05) is 18.2 Å². The summed E-state index contributed by atoms with van der Waals surface area (Å²) in [5, 5.41) is 22.8. The van der Waals surface area contributed by atoms with Crippen LogP contribution in [0.15, 0.2) is 76.1 Å². The van der Waals surface area contributed by atoms with Crippen LogP contribution < -0.4 is 0 Å². The molecular weight excluding hydrogens is 418 g/mol. The number of fused-ring (bicyclic) bond motifs is 2. The number of aryl methyl sites for hydroxylation is 1. The van der Waals surface area contributed by atoms with E-state index in [-0.39, 0.29) is 11.4 Å². The Labute approximate surface area is 188 Å². The largest absolute Gasteiger partial charge is 0.507 e. The number of rotatable bonds is 4. The number of benzene rings is 4. The predicted octanol–water partition coefficient (Wildman–Crippen LogP) is 6.63. The molecule has 7 nitrogen and oxygen atoms in total. The van der Waals surface area contributed by atoms with Gasteiger partial charge >= 0.3 is 0 Å². The zero-order valence-corrected chi connectivity index (χ0v) is 17.9. The van der Waals surface area contributed by atoms with Crippen LogP contribution in [0.1, 0.15) is 16.7 Å². The summed E-state index contributed by atoms with van der Waals surface area (Å²) in [6.45, 7) is 3.95. The number of aliphatic imine (C=N–C) groups is 1. The maximum atomic E-state index is 11.1. The third-order valence-corrected chi connectivity index (χ3v) is 5.64. The lowest BCUT2D eigenvalue weighted by Crippen LogP contribution is -1.91. The molecule has 0 fully saturated rings. The number of phenolic OH excluding ortho intramolecular Hbond substituents is 1. The third-order valence-electron chi connectivity index (χ3n) is 5.64. The molecule has 0 saturated heterocycles. The first-order valence-electron chi connectivity index (χ1n) is 10.3.